The van der Waals surface area contributed by atoms with Gasteiger partial charge in [0.1, 0.15) is 23.4 Å². The van der Waals surface area contributed by atoms with Crippen LogP contribution in [0.5, 0.6) is 11.5 Å². The van der Waals surface area contributed by atoms with Crippen LogP contribution in [0.1, 0.15) is 29.0 Å². The van der Waals surface area contributed by atoms with Gasteiger partial charge < -0.3 is 9.84 Å². The number of halogens is 4. The van der Waals surface area contributed by atoms with E-state index in [1.807, 2.05) is 0 Å². The van der Waals surface area contributed by atoms with E-state index in [1.54, 1.807) is 6.07 Å². The lowest BCUT2D eigenvalue weighted by Crippen LogP contribution is -2.24. The highest BCUT2D eigenvalue weighted by Crippen LogP contribution is 2.57. The van der Waals surface area contributed by atoms with E-state index in [0.717, 1.165) is 36.6 Å². The third-order valence-electron chi connectivity index (χ3n) is 4.29. The van der Waals surface area contributed by atoms with Crippen LogP contribution < -0.4 is 4.74 Å². The number of rotatable bonds is 3. The van der Waals surface area contributed by atoms with Gasteiger partial charge >= 0.3 is 5.92 Å². The van der Waals surface area contributed by atoms with Gasteiger partial charge in [0.05, 0.1) is 26.3 Å². The average Bonchev–Trinajstić information content (AvgIpc) is 2.82. The van der Waals surface area contributed by atoms with E-state index in [-0.39, 0.29) is 11.3 Å². The van der Waals surface area contributed by atoms with Crippen molar-refractivity contribution in [3.05, 3.63) is 52.8 Å². The summed E-state index contributed by atoms with van der Waals surface area (Å²) in [5.41, 5.74) is -1.62. The first-order chi connectivity index (χ1) is 13.5. The molecule has 6 nitrogen and oxygen atoms in total. The normalized spacial score (nSPS) is 21.4. The fraction of sp³-hybridized carbons (Fsp3) is 0.222. The predicted octanol–water partition coefficient (Wildman–Crippen LogP) is 4.12. The summed E-state index contributed by atoms with van der Waals surface area (Å²) in [6.45, 7) is 0. The van der Waals surface area contributed by atoms with Crippen molar-refractivity contribution in [1.82, 2.24) is 0 Å². The molecule has 1 unspecified atom stereocenters. The molecule has 3 atom stereocenters. The third kappa shape index (κ3) is 3.39. The minimum absolute atomic E-state index is 0.125. The molecule has 0 aliphatic heterocycles. The topological polar surface area (TPSA) is 106 Å². The lowest BCUT2D eigenvalue weighted by molar-refractivity contribution is -0.143. The van der Waals surface area contributed by atoms with Crippen LogP contribution in [0.2, 0.25) is 0 Å². The molecule has 0 fully saturated rings. The Morgan fingerprint density at radius 1 is 1.24 bits per heavy atom. The van der Waals surface area contributed by atoms with Crippen LogP contribution >= 0.6 is 0 Å². The second-order valence-corrected chi connectivity index (χ2v) is 8.44. The van der Waals surface area contributed by atoms with Crippen LogP contribution in [-0.2, 0) is 9.73 Å². The van der Waals surface area contributed by atoms with E-state index >= 15 is 0 Å². The van der Waals surface area contributed by atoms with Crippen molar-refractivity contribution < 1.29 is 31.6 Å². The van der Waals surface area contributed by atoms with Crippen molar-refractivity contribution in [1.29, 1.82) is 10.5 Å². The molecule has 1 N–H and O–H groups in total. The molecule has 0 saturated carbocycles. The molecule has 2 aromatic rings. The number of aliphatic hydroxyl groups excluding tert-OH is 1. The second kappa shape index (κ2) is 7.03. The number of aliphatic hydroxyl groups is 1. The van der Waals surface area contributed by atoms with Gasteiger partial charge in [0.15, 0.2) is 6.17 Å². The highest BCUT2D eigenvalue weighted by Gasteiger charge is 2.58. The highest BCUT2D eigenvalue weighted by atomic mass is 32.2. The molecule has 1 aliphatic rings. The van der Waals surface area contributed by atoms with Gasteiger partial charge in [-0.25, -0.2) is 13.0 Å². The Labute approximate surface area is 162 Å². The molecule has 0 radical (unpaired) electrons. The molecule has 0 heterocycles. The molecule has 0 saturated heterocycles. The third-order valence-corrected chi connectivity index (χ3v) is 5.89. The second-order valence-electron chi connectivity index (χ2n) is 6.21. The summed E-state index contributed by atoms with van der Waals surface area (Å²) in [7, 11) is -3.55. The maximum absolute atomic E-state index is 14.6. The number of nitrogens with zero attached hydrogens (tertiary/aromatic N) is 3. The number of alkyl halides is 3. The molecule has 0 bridgehead atoms. The number of nitriles is 2. The Morgan fingerprint density at radius 2 is 1.93 bits per heavy atom. The van der Waals surface area contributed by atoms with Crippen molar-refractivity contribution in [3.63, 3.8) is 0 Å². The molecule has 11 heteroatoms. The van der Waals surface area contributed by atoms with Gasteiger partial charge in [0.25, 0.3) is 0 Å². The van der Waals surface area contributed by atoms with Crippen molar-refractivity contribution >= 4 is 9.73 Å². The van der Waals surface area contributed by atoms with Gasteiger partial charge in [0.2, 0.25) is 6.19 Å². The van der Waals surface area contributed by atoms with Crippen molar-refractivity contribution in [2.24, 2.45) is 4.36 Å². The first-order valence-corrected chi connectivity index (χ1v) is 9.80. The molecule has 2 aromatic carbocycles. The van der Waals surface area contributed by atoms with Crippen LogP contribution in [0, 0.1) is 28.6 Å². The lowest BCUT2D eigenvalue weighted by atomic mass is 10.1. The van der Waals surface area contributed by atoms with Gasteiger partial charge in [-0.2, -0.15) is 19.3 Å². The number of benzene rings is 2. The van der Waals surface area contributed by atoms with E-state index < -0.39 is 55.5 Å². The molecular formula is C18H11F4N3O3S. The van der Waals surface area contributed by atoms with Crippen LogP contribution in [-0.4, -0.2) is 21.5 Å². The smallest absolute Gasteiger partial charge is 0.312 e. The van der Waals surface area contributed by atoms with Crippen molar-refractivity contribution in [2.75, 3.05) is 6.26 Å². The summed E-state index contributed by atoms with van der Waals surface area (Å²) < 4.78 is 77.7. The van der Waals surface area contributed by atoms with Crippen LogP contribution in [0.3, 0.4) is 0 Å². The number of ether oxygens (including phenoxy) is 1. The Hall–Kier alpha value is -3.15. The molecule has 0 amide bonds. The van der Waals surface area contributed by atoms with Crippen LogP contribution in [0.25, 0.3) is 0 Å². The Bertz CT molecular complexity index is 1210. The summed E-state index contributed by atoms with van der Waals surface area (Å²) in [4.78, 5) is -0.439. The maximum atomic E-state index is 14.6. The molecule has 150 valence electrons. The van der Waals surface area contributed by atoms with Crippen molar-refractivity contribution in [2.45, 2.75) is 23.1 Å². The molecule has 0 aromatic heterocycles. The minimum Gasteiger partial charge on any atom is -0.457 e. The lowest BCUT2D eigenvalue weighted by Gasteiger charge is -2.16. The number of fused-ring (bicyclic) bond motifs is 1. The summed E-state index contributed by atoms with van der Waals surface area (Å²) in [6, 6.07) is 6.57. The summed E-state index contributed by atoms with van der Waals surface area (Å²) in [5.74, 6) is -5.88. The average molecular weight is 425 g/mol. The Kier molecular flexibility index (Phi) is 4.99. The molecule has 1 aliphatic carbocycles. The van der Waals surface area contributed by atoms with Gasteiger partial charge in [0, 0.05) is 23.4 Å². The van der Waals surface area contributed by atoms with E-state index in [9.17, 15) is 26.9 Å². The zero-order chi connectivity index (χ0) is 21.6. The van der Waals surface area contributed by atoms with Gasteiger partial charge in [-0.05, 0) is 24.3 Å². The van der Waals surface area contributed by atoms with E-state index in [0.29, 0.717) is 0 Å². The highest BCUT2D eigenvalue weighted by molar-refractivity contribution is 7.93. The largest absolute Gasteiger partial charge is 0.457 e. The summed E-state index contributed by atoms with van der Waals surface area (Å²) in [6.07, 6.45) is -3.41. The fourth-order valence-electron chi connectivity index (χ4n) is 3.02. The predicted molar refractivity (Wildman–Crippen MR) is 91.8 cm³/mol. The maximum Gasteiger partial charge on any atom is 0.312 e. The molecule has 0 spiro atoms. The van der Waals surface area contributed by atoms with Gasteiger partial charge in [-0.1, -0.05) is 0 Å². The first kappa shape index (κ1) is 20.6. The molecular weight excluding hydrogens is 414 g/mol. The van der Waals surface area contributed by atoms with Gasteiger partial charge in [-0.3, -0.25) is 0 Å². The Morgan fingerprint density at radius 3 is 2.55 bits per heavy atom. The first-order valence-electron chi connectivity index (χ1n) is 7.88. The van der Waals surface area contributed by atoms with Crippen LogP contribution in [0.4, 0.5) is 17.6 Å². The zero-order valence-electron chi connectivity index (χ0n) is 14.6. The minimum atomic E-state index is -4.27. The summed E-state index contributed by atoms with van der Waals surface area (Å²) in [5, 5.41) is 27.6. The van der Waals surface area contributed by atoms with E-state index in [1.165, 1.54) is 6.19 Å². The number of hydrogen-bond donors (Lipinski definition) is 1. The Balaban J connectivity index is 2.25. The van der Waals surface area contributed by atoms with E-state index in [2.05, 4.69) is 4.36 Å². The standard InChI is InChI=1S/C18H11F4N3O3S/c1-29(27,25-8-24)13-3-2-12(14-15(13)17(26)18(21,22)16(14)20)28-11-5-9(7-23)4-10(19)6-11/h2-6,16-17,26H,1H3/t16-,17-,29?/m1/s1. The van der Waals surface area contributed by atoms with E-state index in [4.69, 9.17) is 15.3 Å². The quantitative estimate of drug-likeness (QED) is 0.588. The van der Waals surface area contributed by atoms with Gasteiger partial charge in [-0.15, -0.1) is 4.36 Å². The SMILES string of the molecule is CS(=O)(=NC#N)c1ccc(Oc2cc(F)cc(C#N)c2)c2c1[C@@H](O)C(F)(F)[C@@H]2F. The number of hydrogen-bond acceptors (Lipinski definition) is 6. The van der Waals surface area contributed by atoms with Crippen molar-refractivity contribution in [3.8, 4) is 23.8 Å². The molecule has 29 heavy (non-hydrogen) atoms. The monoisotopic (exact) mass is 425 g/mol. The zero-order valence-corrected chi connectivity index (χ0v) is 15.4. The molecule has 3 rings (SSSR count). The summed E-state index contributed by atoms with van der Waals surface area (Å²) >= 11 is 0. The fourth-order valence-corrected chi connectivity index (χ4v) is 4.23. The van der Waals surface area contributed by atoms with Crippen LogP contribution in [0.15, 0.2) is 39.6 Å².